The highest BCUT2D eigenvalue weighted by Crippen LogP contribution is 2.31. The van der Waals surface area contributed by atoms with Crippen LogP contribution < -0.4 is 5.32 Å². The van der Waals surface area contributed by atoms with Crippen molar-refractivity contribution in [3.05, 3.63) is 41.2 Å². The number of nitrogens with zero attached hydrogens (tertiary/aromatic N) is 2. The van der Waals surface area contributed by atoms with Gasteiger partial charge in [0.15, 0.2) is 17.2 Å². The summed E-state index contributed by atoms with van der Waals surface area (Å²) in [5.41, 5.74) is 1.35. The molecule has 108 valence electrons. The van der Waals surface area contributed by atoms with E-state index in [0.717, 1.165) is 5.39 Å². The molecule has 0 aliphatic heterocycles. The van der Waals surface area contributed by atoms with Crippen LogP contribution in [0.4, 0.5) is 5.82 Å². The van der Waals surface area contributed by atoms with E-state index in [4.69, 9.17) is 20.8 Å². The van der Waals surface area contributed by atoms with E-state index in [-0.39, 0.29) is 0 Å². The number of nitrogens with one attached hydrogen (secondary N) is 1. The van der Waals surface area contributed by atoms with Crippen LogP contribution in [0.3, 0.4) is 0 Å². The summed E-state index contributed by atoms with van der Waals surface area (Å²) in [6, 6.07) is 9.38. The van der Waals surface area contributed by atoms with Gasteiger partial charge in [0.25, 0.3) is 0 Å². The summed E-state index contributed by atoms with van der Waals surface area (Å²) >= 11 is 6.14. The number of rotatable bonds is 4. The van der Waals surface area contributed by atoms with Crippen molar-refractivity contribution in [3.63, 3.8) is 0 Å². The van der Waals surface area contributed by atoms with Gasteiger partial charge in [-0.1, -0.05) is 23.7 Å². The van der Waals surface area contributed by atoms with Gasteiger partial charge in [-0.25, -0.2) is 9.97 Å². The number of ether oxygens (including phenoxy) is 1. The number of furan rings is 1. The third-order valence-electron chi connectivity index (χ3n) is 3.05. The number of halogens is 1. The molecule has 2 heterocycles. The first-order valence-electron chi connectivity index (χ1n) is 6.44. The largest absolute Gasteiger partial charge is 0.453 e. The Hall–Kier alpha value is -2.11. The number of methoxy groups -OCH3 is 1. The first-order chi connectivity index (χ1) is 10.2. The Labute approximate surface area is 126 Å². The van der Waals surface area contributed by atoms with E-state index in [2.05, 4.69) is 15.3 Å². The molecule has 0 spiro atoms. The van der Waals surface area contributed by atoms with Gasteiger partial charge in [0.2, 0.25) is 0 Å². The van der Waals surface area contributed by atoms with Crippen molar-refractivity contribution >= 4 is 28.4 Å². The summed E-state index contributed by atoms with van der Waals surface area (Å²) in [6.07, 6.45) is 0. The predicted octanol–water partition coefficient (Wildman–Crippen LogP) is 3.73. The minimum atomic E-state index is 0.337. The lowest BCUT2D eigenvalue weighted by molar-refractivity contribution is 0.178. The second-order valence-electron chi connectivity index (χ2n) is 4.51. The molecule has 3 aromatic rings. The predicted molar refractivity (Wildman–Crippen MR) is 82.5 cm³/mol. The number of fused-ring (bicyclic) bond motifs is 1. The van der Waals surface area contributed by atoms with E-state index in [9.17, 15) is 0 Å². The molecule has 0 aliphatic carbocycles. The Balaban J connectivity index is 2.12. The van der Waals surface area contributed by atoms with Gasteiger partial charge >= 0.3 is 0 Å². The summed E-state index contributed by atoms with van der Waals surface area (Å²) in [4.78, 5) is 8.78. The van der Waals surface area contributed by atoms with Gasteiger partial charge in [-0.05, 0) is 12.1 Å². The first kappa shape index (κ1) is 13.9. The molecule has 0 atom stereocenters. The fraction of sp³-hybridized carbons (Fsp3) is 0.200. The zero-order valence-electron chi connectivity index (χ0n) is 11.7. The van der Waals surface area contributed by atoms with Gasteiger partial charge in [-0.15, -0.1) is 0 Å². The monoisotopic (exact) mass is 303 g/mol. The van der Waals surface area contributed by atoms with Crippen molar-refractivity contribution in [3.8, 4) is 11.5 Å². The SMILES string of the molecule is CNc1cc(-c2cc3cccc(Cl)c3o2)nc(COC)n1. The standard InChI is InChI=1S/C15H14ClN3O2/c1-17-13-7-11(18-14(19-13)8-20-2)12-6-9-4-3-5-10(16)15(9)21-12/h3-7H,8H2,1-2H3,(H,17,18,19). The lowest BCUT2D eigenvalue weighted by Gasteiger charge is -2.05. The van der Waals surface area contributed by atoms with E-state index < -0.39 is 0 Å². The number of para-hydroxylation sites is 1. The van der Waals surface area contributed by atoms with E-state index in [1.807, 2.05) is 24.3 Å². The highest BCUT2D eigenvalue weighted by atomic mass is 35.5. The third-order valence-corrected chi connectivity index (χ3v) is 3.35. The normalized spacial score (nSPS) is 11.0. The van der Waals surface area contributed by atoms with Crippen LogP contribution >= 0.6 is 11.6 Å². The maximum Gasteiger partial charge on any atom is 0.157 e. The molecule has 3 rings (SSSR count). The maximum absolute atomic E-state index is 6.14. The van der Waals surface area contributed by atoms with E-state index in [1.165, 1.54) is 0 Å². The Morgan fingerprint density at radius 1 is 1.29 bits per heavy atom. The zero-order chi connectivity index (χ0) is 14.8. The van der Waals surface area contributed by atoms with Crippen molar-refractivity contribution in [2.24, 2.45) is 0 Å². The van der Waals surface area contributed by atoms with Crippen LogP contribution in [-0.2, 0) is 11.3 Å². The molecule has 0 aliphatic rings. The van der Waals surface area contributed by atoms with Crippen molar-refractivity contribution in [1.82, 2.24) is 9.97 Å². The van der Waals surface area contributed by atoms with Crippen molar-refractivity contribution in [2.75, 3.05) is 19.5 Å². The quantitative estimate of drug-likeness (QED) is 0.795. The van der Waals surface area contributed by atoms with Crippen LogP contribution in [0, 0.1) is 0 Å². The summed E-state index contributed by atoms with van der Waals surface area (Å²) in [5.74, 6) is 1.94. The summed E-state index contributed by atoms with van der Waals surface area (Å²) in [7, 11) is 3.41. The van der Waals surface area contributed by atoms with E-state index in [1.54, 1.807) is 20.2 Å². The van der Waals surface area contributed by atoms with Gasteiger partial charge in [-0.2, -0.15) is 0 Å². The maximum atomic E-state index is 6.14. The molecule has 0 fully saturated rings. The fourth-order valence-electron chi connectivity index (χ4n) is 2.10. The fourth-order valence-corrected chi connectivity index (χ4v) is 2.32. The van der Waals surface area contributed by atoms with E-state index in [0.29, 0.717) is 40.3 Å². The Kier molecular flexibility index (Phi) is 3.77. The molecule has 1 aromatic carbocycles. The molecule has 0 radical (unpaired) electrons. The zero-order valence-corrected chi connectivity index (χ0v) is 12.4. The van der Waals surface area contributed by atoms with Gasteiger partial charge < -0.3 is 14.5 Å². The number of aromatic nitrogens is 2. The Morgan fingerprint density at radius 2 is 2.14 bits per heavy atom. The van der Waals surface area contributed by atoms with Crippen LogP contribution in [-0.4, -0.2) is 24.1 Å². The van der Waals surface area contributed by atoms with Gasteiger partial charge in [0, 0.05) is 25.6 Å². The van der Waals surface area contributed by atoms with Crippen molar-refractivity contribution < 1.29 is 9.15 Å². The molecule has 2 aromatic heterocycles. The van der Waals surface area contributed by atoms with E-state index >= 15 is 0 Å². The minimum absolute atomic E-state index is 0.337. The molecule has 0 bridgehead atoms. The molecular weight excluding hydrogens is 290 g/mol. The average molecular weight is 304 g/mol. The van der Waals surface area contributed by atoms with Crippen molar-refractivity contribution in [1.29, 1.82) is 0 Å². The molecule has 21 heavy (non-hydrogen) atoms. The Bertz CT molecular complexity index is 786. The molecule has 1 N–H and O–H groups in total. The highest BCUT2D eigenvalue weighted by molar-refractivity contribution is 6.34. The number of hydrogen-bond donors (Lipinski definition) is 1. The van der Waals surface area contributed by atoms with Crippen LogP contribution in [0.2, 0.25) is 5.02 Å². The van der Waals surface area contributed by atoms with Crippen LogP contribution in [0.25, 0.3) is 22.4 Å². The van der Waals surface area contributed by atoms with Gasteiger partial charge in [-0.3, -0.25) is 0 Å². The number of anilines is 1. The lowest BCUT2D eigenvalue weighted by atomic mass is 10.2. The summed E-state index contributed by atoms with van der Waals surface area (Å²) < 4.78 is 10.9. The number of benzene rings is 1. The summed E-state index contributed by atoms with van der Waals surface area (Å²) in [6.45, 7) is 0.337. The van der Waals surface area contributed by atoms with Crippen LogP contribution in [0.1, 0.15) is 5.82 Å². The molecule has 5 nitrogen and oxygen atoms in total. The lowest BCUT2D eigenvalue weighted by Crippen LogP contribution is -2.02. The smallest absolute Gasteiger partial charge is 0.157 e. The van der Waals surface area contributed by atoms with Crippen LogP contribution in [0.5, 0.6) is 0 Å². The topological polar surface area (TPSA) is 60.2 Å². The van der Waals surface area contributed by atoms with Gasteiger partial charge in [0.1, 0.15) is 18.1 Å². The average Bonchev–Trinajstić information content (AvgIpc) is 2.93. The third kappa shape index (κ3) is 2.70. The van der Waals surface area contributed by atoms with Crippen LogP contribution in [0.15, 0.2) is 34.7 Å². The molecule has 6 heteroatoms. The summed E-state index contributed by atoms with van der Waals surface area (Å²) in [5, 5.41) is 4.53. The number of hydrogen-bond acceptors (Lipinski definition) is 5. The van der Waals surface area contributed by atoms with Gasteiger partial charge in [0.05, 0.1) is 5.02 Å². The first-order valence-corrected chi connectivity index (χ1v) is 6.82. The minimum Gasteiger partial charge on any atom is -0.453 e. The molecule has 0 saturated heterocycles. The molecule has 0 amide bonds. The highest BCUT2D eigenvalue weighted by Gasteiger charge is 2.12. The second kappa shape index (κ2) is 5.71. The molecule has 0 unspecified atom stereocenters. The van der Waals surface area contributed by atoms with Crippen molar-refractivity contribution in [2.45, 2.75) is 6.61 Å². The second-order valence-corrected chi connectivity index (χ2v) is 4.91. The molecular formula is C15H14ClN3O2. The molecule has 0 saturated carbocycles. The Morgan fingerprint density at radius 3 is 2.86 bits per heavy atom.